The molecule has 1 fully saturated rings. The summed E-state index contributed by atoms with van der Waals surface area (Å²) in [5.74, 6) is 0.285. The van der Waals surface area contributed by atoms with Crippen molar-refractivity contribution < 1.29 is 23.9 Å². The third kappa shape index (κ3) is 4.16. The van der Waals surface area contributed by atoms with Crippen molar-refractivity contribution in [2.45, 2.75) is 26.3 Å². The monoisotopic (exact) mass is 397 g/mol. The van der Waals surface area contributed by atoms with Crippen molar-refractivity contribution in [2.24, 2.45) is 0 Å². The highest BCUT2D eigenvalue weighted by Gasteiger charge is 2.43. The first kappa shape index (κ1) is 20.2. The van der Waals surface area contributed by atoms with E-state index in [1.165, 1.54) is 0 Å². The number of hydrogen-bond acceptors (Lipinski definition) is 5. The van der Waals surface area contributed by atoms with Gasteiger partial charge in [-0.25, -0.2) is 4.79 Å². The fourth-order valence-electron chi connectivity index (χ4n) is 3.05. The van der Waals surface area contributed by atoms with E-state index in [4.69, 9.17) is 9.47 Å². The Labute approximate surface area is 168 Å². The Bertz CT molecular complexity index is 959. The van der Waals surface area contributed by atoms with Crippen LogP contribution in [0.2, 0.25) is 0 Å². The third-order valence-electron chi connectivity index (χ3n) is 4.55. The van der Waals surface area contributed by atoms with E-state index in [1.807, 2.05) is 13.8 Å². The lowest BCUT2D eigenvalue weighted by atomic mass is 9.92. The average Bonchev–Trinajstić information content (AvgIpc) is 2.96. The van der Waals surface area contributed by atoms with Crippen LogP contribution in [0.3, 0.4) is 0 Å². The van der Waals surface area contributed by atoms with Gasteiger partial charge in [-0.15, -0.1) is 0 Å². The van der Waals surface area contributed by atoms with Crippen molar-refractivity contribution in [2.75, 3.05) is 18.5 Å². The van der Waals surface area contributed by atoms with E-state index in [0.29, 0.717) is 41.5 Å². The molecular formula is C21H23N3O5. The zero-order valence-electron chi connectivity index (χ0n) is 16.5. The maximum Gasteiger partial charge on any atom is 0.322 e. The summed E-state index contributed by atoms with van der Waals surface area (Å²) >= 11 is 0. The second-order valence-electron chi connectivity index (χ2n) is 6.60. The summed E-state index contributed by atoms with van der Waals surface area (Å²) in [6, 6.07) is 11.2. The molecule has 1 saturated heterocycles. The molecular weight excluding hydrogens is 374 g/mol. The molecule has 0 spiro atoms. The van der Waals surface area contributed by atoms with Crippen LogP contribution in [0, 0.1) is 0 Å². The highest BCUT2D eigenvalue weighted by molar-refractivity contribution is 6.08. The molecule has 152 valence electrons. The predicted octanol–water partition coefficient (Wildman–Crippen LogP) is 2.79. The number of hydrogen-bond donors (Lipinski definition) is 3. The number of rotatable bonds is 7. The zero-order chi connectivity index (χ0) is 21.0. The van der Waals surface area contributed by atoms with Crippen LogP contribution in [0.1, 0.15) is 36.7 Å². The summed E-state index contributed by atoms with van der Waals surface area (Å²) in [6.07, 6.45) is 0. The number of nitrogens with one attached hydrogen (secondary N) is 3. The number of imide groups is 1. The molecule has 3 N–H and O–H groups in total. The summed E-state index contributed by atoms with van der Waals surface area (Å²) in [5, 5.41) is 7.64. The maximum absolute atomic E-state index is 12.7. The summed E-state index contributed by atoms with van der Waals surface area (Å²) < 4.78 is 11.1. The van der Waals surface area contributed by atoms with Crippen molar-refractivity contribution in [1.29, 1.82) is 0 Å². The highest BCUT2D eigenvalue weighted by atomic mass is 16.5. The molecule has 1 aliphatic rings. The van der Waals surface area contributed by atoms with E-state index in [9.17, 15) is 14.4 Å². The molecule has 2 aromatic carbocycles. The Kier molecular flexibility index (Phi) is 5.72. The van der Waals surface area contributed by atoms with Gasteiger partial charge in [0.2, 0.25) is 0 Å². The van der Waals surface area contributed by atoms with Crippen LogP contribution < -0.4 is 25.4 Å². The van der Waals surface area contributed by atoms with E-state index in [1.54, 1.807) is 49.4 Å². The average molecular weight is 397 g/mol. The molecule has 1 aliphatic heterocycles. The number of anilines is 1. The molecule has 0 saturated carbocycles. The Morgan fingerprint density at radius 3 is 2.41 bits per heavy atom. The van der Waals surface area contributed by atoms with Gasteiger partial charge >= 0.3 is 6.03 Å². The highest BCUT2D eigenvalue weighted by Crippen LogP contribution is 2.30. The molecule has 0 bridgehead atoms. The molecule has 29 heavy (non-hydrogen) atoms. The van der Waals surface area contributed by atoms with Crippen LogP contribution in [-0.2, 0) is 10.3 Å². The standard InChI is InChI=1S/C21H23N3O5/c1-4-28-16-10-9-13(11-17(16)29-5-2)18(25)22-15-8-6-7-14(12-15)21(3)19(26)23-20(27)24-21/h6-12H,4-5H2,1-3H3,(H,22,25)(H2,23,24,26,27)/t21-/m1/s1. The fraction of sp³-hybridized carbons (Fsp3) is 0.286. The van der Waals surface area contributed by atoms with Crippen molar-refractivity contribution in [3.05, 3.63) is 53.6 Å². The Morgan fingerprint density at radius 2 is 1.76 bits per heavy atom. The number of benzene rings is 2. The SMILES string of the molecule is CCOc1ccc(C(=O)Nc2cccc([C@@]3(C)NC(=O)NC3=O)c2)cc1OCC. The molecule has 3 rings (SSSR count). The van der Waals surface area contributed by atoms with Gasteiger partial charge in [-0.3, -0.25) is 14.9 Å². The first-order valence-corrected chi connectivity index (χ1v) is 9.32. The fourth-order valence-corrected chi connectivity index (χ4v) is 3.05. The molecule has 8 nitrogen and oxygen atoms in total. The van der Waals surface area contributed by atoms with Gasteiger partial charge in [0.15, 0.2) is 11.5 Å². The van der Waals surface area contributed by atoms with Crippen LogP contribution in [-0.4, -0.2) is 31.1 Å². The lowest BCUT2D eigenvalue weighted by Crippen LogP contribution is -2.40. The Balaban J connectivity index is 1.82. The van der Waals surface area contributed by atoms with Gasteiger partial charge in [0.05, 0.1) is 13.2 Å². The molecule has 1 atom stereocenters. The number of urea groups is 1. The van der Waals surface area contributed by atoms with E-state index in [0.717, 1.165) is 0 Å². The number of amides is 4. The zero-order valence-corrected chi connectivity index (χ0v) is 16.5. The minimum Gasteiger partial charge on any atom is -0.490 e. The third-order valence-corrected chi connectivity index (χ3v) is 4.55. The van der Waals surface area contributed by atoms with Crippen molar-refractivity contribution in [1.82, 2.24) is 10.6 Å². The summed E-state index contributed by atoms with van der Waals surface area (Å²) in [7, 11) is 0. The molecule has 0 aromatic heterocycles. The van der Waals surface area contributed by atoms with Gasteiger partial charge in [-0.2, -0.15) is 0 Å². The maximum atomic E-state index is 12.7. The van der Waals surface area contributed by atoms with E-state index < -0.39 is 17.5 Å². The molecule has 0 unspecified atom stereocenters. The smallest absolute Gasteiger partial charge is 0.322 e. The quantitative estimate of drug-likeness (QED) is 0.623. The van der Waals surface area contributed by atoms with Crippen molar-refractivity contribution in [3.63, 3.8) is 0 Å². The van der Waals surface area contributed by atoms with Crippen molar-refractivity contribution >= 4 is 23.5 Å². The van der Waals surface area contributed by atoms with Crippen LogP contribution in [0.4, 0.5) is 10.5 Å². The van der Waals surface area contributed by atoms with Gasteiger partial charge in [0.25, 0.3) is 11.8 Å². The summed E-state index contributed by atoms with van der Waals surface area (Å²) in [4.78, 5) is 36.4. The first-order chi connectivity index (χ1) is 13.9. The topological polar surface area (TPSA) is 106 Å². The van der Waals surface area contributed by atoms with Gasteiger partial charge < -0.3 is 20.1 Å². The summed E-state index contributed by atoms with van der Waals surface area (Å²) in [5.41, 5.74) is 0.259. The first-order valence-electron chi connectivity index (χ1n) is 9.32. The molecule has 8 heteroatoms. The number of ether oxygens (including phenoxy) is 2. The molecule has 0 radical (unpaired) electrons. The van der Waals surface area contributed by atoms with E-state index in [-0.39, 0.29) is 5.91 Å². The van der Waals surface area contributed by atoms with E-state index >= 15 is 0 Å². The minimum absolute atomic E-state index is 0.337. The normalized spacial score (nSPS) is 18.0. The largest absolute Gasteiger partial charge is 0.490 e. The second-order valence-corrected chi connectivity index (χ2v) is 6.60. The molecule has 4 amide bonds. The van der Waals surface area contributed by atoms with Crippen LogP contribution in [0.5, 0.6) is 11.5 Å². The number of carbonyl (C=O) groups is 3. The Hall–Kier alpha value is -3.55. The van der Waals surface area contributed by atoms with E-state index in [2.05, 4.69) is 16.0 Å². The minimum atomic E-state index is -1.20. The van der Waals surface area contributed by atoms with Gasteiger partial charge in [-0.05, 0) is 56.7 Å². The summed E-state index contributed by atoms with van der Waals surface area (Å²) in [6.45, 7) is 6.26. The molecule has 0 aliphatic carbocycles. The molecule has 1 heterocycles. The predicted molar refractivity (Wildman–Crippen MR) is 107 cm³/mol. The lowest BCUT2D eigenvalue weighted by molar-refractivity contribution is -0.123. The van der Waals surface area contributed by atoms with Crippen LogP contribution >= 0.6 is 0 Å². The van der Waals surface area contributed by atoms with Gasteiger partial charge in [0, 0.05) is 11.3 Å². The van der Waals surface area contributed by atoms with Crippen molar-refractivity contribution in [3.8, 4) is 11.5 Å². The van der Waals surface area contributed by atoms with Gasteiger partial charge in [-0.1, -0.05) is 12.1 Å². The van der Waals surface area contributed by atoms with Gasteiger partial charge in [0.1, 0.15) is 5.54 Å². The molecule has 2 aromatic rings. The van der Waals surface area contributed by atoms with Crippen LogP contribution in [0.25, 0.3) is 0 Å². The second kappa shape index (κ2) is 8.22. The number of carbonyl (C=O) groups excluding carboxylic acids is 3. The lowest BCUT2D eigenvalue weighted by Gasteiger charge is -2.21. The Morgan fingerprint density at radius 1 is 1.03 bits per heavy atom. The van der Waals surface area contributed by atoms with Crippen LogP contribution in [0.15, 0.2) is 42.5 Å².